The van der Waals surface area contributed by atoms with Gasteiger partial charge in [0.15, 0.2) is 0 Å². The monoisotopic (exact) mass is 492 g/mol. The molecule has 33 heavy (non-hydrogen) atoms. The van der Waals surface area contributed by atoms with Crippen molar-refractivity contribution in [3.8, 4) is 0 Å². The number of nitrogens with two attached hydrogens (primary N) is 1. The zero-order chi connectivity index (χ0) is 25.7. The highest BCUT2D eigenvalue weighted by atomic mass is 32.2. The topological polar surface area (TPSA) is 225 Å². The van der Waals surface area contributed by atoms with Crippen LogP contribution in [0.5, 0.6) is 0 Å². The van der Waals surface area contributed by atoms with Crippen molar-refractivity contribution >= 4 is 47.4 Å². The second-order valence-corrected chi connectivity index (χ2v) is 8.72. The molecule has 0 aromatic heterocycles. The molecule has 0 fully saturated rings. The lowest BCUT2D eigenvalue weighted by atomic mass is 10.0. The third-order valence-electron chi connectivity index (χ3n) is 4.31. The Balaban J connectivity index is 5.49. The number of nitrogens with one attached hydrogen (secondary N) is 3. The summed E-state index contributed by atoms with van der Waals surface area (Å²) in [6.07, 6.45) is 0.408. The minimum atomic E-state index is -1.73. The second-order valence-electron chi connectivity index (χ2n) is 7.74. The lowest BCUT2D eigenvalue weighted by molar-refractivity contribution is -0.147. The Bertz CT molecular complexity index is 732. The molecule has 0 aromatic rings. The van der Waals surface area contributed by atoms with Gasteiger partial charge in [-0.2, -0.15) is 11.8 Å². The molecule has 4 unspecified atom stereocenters. The van der Waals surface area contributed by atoms with Gasteiger partial charge in [0.05, 0.1) is 18.9 Å². The summed E-state index contributed by atoms with van der Waals surface area (Å²) in [4.78, 5) is 70.8. The van der Waals surface area contributed by atoms with Crippen molar-refractivity contribution in [2.45, 2.75) is 63.7 Å². The summed E-state index contributed by atoms with van der Waals surface area (Å²) in [6.45, 7) is 3.66. The van der Waals surface area contributed by atoms with Gasteiger partial charge in [-0.3, -0.25) is 24.0 Å². The van der Waals surface area contributed by atoms with Crippen LogP contribution >= 0.6 is 11.8 Å². The Morgan fingerprint density at radius 1 is 0.788 bits per heavy atom. The van der Waals surface area contributed by atoms with Crippen molar-refractivity contribution in [2.75, 3.05) is 12.0 Å². The lowest BCUT2D eigenvalue weighted by Gasteiger charge is -2.24. The first-order valence-corrected chi connectivity index (χ1v) is 11.5. The summed E-state index contributed by atoms with van der Waals surface area (Å²) in [6, 6.07) is -5.53. The summed E-state index contributed by atoms with van der Waals surface area (Å²) < 4.78 is 0. The molecule has 0 rings (SSSR count). The van der Waals surface area contributed by atoms with Crippen molar-refractivity contribution in [3.05, 3.63) is 0 Å². The second kappa shape index (κ2) is 15.1. The SMILES string of the molecule is CSCCC(NC(=O)C(CC(=O)O)NC(=O)C(N)CC(C)C)C(=O)NC(CC(=O)O)C(=O)O. The molecule has 0 aromatic carbocycles. The fraction of sp³-hybridized carbons (Fsp3) is 0.684. The maximum atomic E-state index is 12.7. The Morgan fingerprint density at radius 3 is 1.70 bits per heavy atom. The number of thioether (sulfide) groups is 1. The van der Waals surface area contributed by atoms with E-state index >= 15 is 0 Å². The van der Waals surface area contributed by atoms with Crippen LogP contribution < -0.4 is 21.7 Å². The largest absolute Gasteiger partial charge is 0.481 e. The number of carbonyl (C=O) groups is 6. The van der Waals surface area contributed by atoms with Crippen LogP contribution in [-0.4, -0.2) is 87.1 Å². The molecule has 4 atom stereocenters. The molecule has 188 valence electrons. The third kappa shape index (κ3) is 12.7. The van der Waals surface area contributed by atoms with E-state index in [-0.39, 0.29) is 12.3 Å². The zero-order valence-electron chi connectivity index (χ0n) is 18.7. The van der Waals surface area contributed by atoms with Crippen LogP contribution in [-0.2, 0) is 28.8 Å². The third-order valence-corrected chi connectivity index (χ3v) is 4.95. The molecule has 0 aliphatic heterocycles. The number of aliphatic carboxylic acids is 3. The summed E-state index contributed by atoms with van der Waals surface area (Å²) in [5, 5.41) is 33.7. The van der Waals surface area contributed by atoms with Crippen LogP contribution in [0.25, 0.3) is 0 Å². The summed E-state index contributed by atoms with van der Waals surface area (Å²) in [5.41, 5.74) is 5.77. The molecule has 0 aliphatic rings. The van der Waals surface area contributed by atoms with Gasteiger partial charge in [0, 0.05) is 0 Å². The predicted molar refractivity (Wildman–Crippen MR) is 118 cm³/mol. The van der Waals surface area contributed by atoms with Gasteiger partial charge in [-0.1, -0.05) is 13.8 Å². The van der Waals surface area contributed by atoms with Crippen LogP contribution in [0.2, 0.25) is 0 Å². The maximum absolute atomic E-state index is 12.7. The first-order valence-electron chi connectivity index (χ1n) is 10.1. The van der Waals surface area contributed by atoms with E-state index in [4.69, 9.17) is 21.1 Å². The van der Waals surface area contributed by atoms with Gasteiger partial charge in [-0.05, 0) is 30.8 Å². The van der Waals surface area contributed by atoms with Gasteiger partial charge < -0.3 is 37.0 Å². The van der Waals surface area contributed by atoms with Crippen molar-refractivity contribution in [1.82, 2.24) is 16.0 Å². The van der Waals surface area contributed by atoms with E-state index in [2.05, 4.69) is 16.0 Å². The molecule has 0 bridgehead atoms. The molecule has 8 N–H and O–H groups in total. The molecule has 0 saturated carbocycles. The number of hydrogen-bond donors (Lipinski definition) is 7. The van der Waals surface area contributed by atoms with Gasteiger partial charge in [0.2, 0.25) is 17.7 Å². The number of carbonyl (C=O) groups excluding carboxylic acids is 3. The van der Waals surface area contributed by atoms with E-state index in [1.807, 2.05) is 13.8 Å². The fourth-order valence-corrected chi connectivity index (χ4v) is 3.17. The number of hydrogen-bond acceptors (Lipinski definition) is 8. The fourth-order valence-electron chi connectivity index (χ4n) is 2.70. The van der Waals surface area contributed by atoms with Crippen LogP contribution in [0.1, 0.15) is 39.5 Å². The molecular formula is C19H32N4O9S. The van der Waals surface area contributed by atoms with Crippen molar-refractivity contribution in [2.24, 2.45) is 11.7 Å². The normalized spacial score (nSPS) is 14.5. The van der Waals surface area contributed by atoms with E-state index in [0.717, 1.165) is 0 Å². The lowest BCUT2D eigenvalue weighted by Crippen LogP contribution is -2.57. The number of carboxylic acids is 3. The molecular weight excluding hydrogens is 460 g/mol. The Hall–Kier alpha value is -2.87. The van der Waals surface area contributed by atoms with E-state index in [9.17, 15) is 28.8 Å². The molecule has 0 heterocycles. The summed E-state index contributed by atoms with van der Waals surface area (Å²) >= 11 is 1.33. The number of rotatable bonds is 16. The van der Waals surface area contributed by atoms with E-state index in [1.54, 1.807) is 6.26 Å². The first-order chi connectivity index (χ1) is 15.3. The molecule has 0 aliphatic carbocycles. The van der Waals surface area contributed by atoms with E-state index < -0.39 is 72.6 Å². The van der Waals surface area contributed by atoms with E-state index in [0.29, 0.717) is 12.2 Å². The predicted octanol–water partition coefficient (Wildman–Crippen LogP) is -1.40. The van der Waals surface area contributed by atoms with Gasteiger partial charge in [0.25, 0.3) is 0 Å². The molecule has 13 nitrogen and oxygen atoms in total. The maximum Gasteiger partial charge on any atom is 0.326 e. The van der Waals surface area contributed by atoms with Gasteiger partial charge >= 0.3 is 17.9 Å². The molecule has 14 heteroatoms. The Labute approximate surface area is 195 Å². The van der Waals surface area contributed by atoms with Crippen molar-refractivity contribution < 1.29 is 44.1 Å². The molecule has 3 amide bonds. The molecule has 0 saturated heterocycles. The number of carboxylic acid groups (broad SMARTS) is 3. The van der Waals surface area contributed by atoms with E-state index in [1.165, 1.54) is 11.8 Å². The Morgan fingerprint density at radius 2 is 1.24 bits per heavy atom. The van der Waals surface area contributed by atoms with Gasteiger partial charge in [-0.25, -0.2) is 4.79 Å². The van der Waals surface area contributed by atoms with Gasteiger partial charge in [0.1, 0.15) is 18.1 Å². The van der Waals surface area contributed by atoms with Crippen LogP contribution in [0, 0.1) is 5.92 Å². The van der Waals surface area contributed by atoms with Crippen LogP contribution in [0.15, 0.2) is 0 Å². The summed E-state index contributed by atoms with van der Waals surface area (Å²) in [5.74, 6) is -6.63. The molecule has 0 spiro atoms. The van der Waals surface area contributed by atoms with Gasteiger partial charge in [-0.15, -0.1) is 0 Å². The van der Waals surface area contributed by atoms with Crippen LogP contribution in [0.3, 0.4) is 0 Å². The quantitative estimate of drug-likeness (QED) is 0.133. The number of amides is 3. The average molecular weight is 493 g/mol. The highest BCUT2D eigenvalue weighted by Gasteiger charge is 2.32. The first kappa shape index (κ1) is 30.1. The smallest absolute Gasteiger partial charge is 0.326 e. The minimum absolute atomic E-state index is 0.0404. The van der Waals surface area contributed by atoms with Crippen molar-refractivity contribution in [3.63, 3.8) is 0 Å². The highest BCUT2D eigenvalue weighted by Crippen LogP contribution is 2.06. The highest BCUT2D eigenvalue weighted by molar-refractivity contribution is 7.98. The van der Waals surface area contributed by atoms with Crippen molar-refractivity contribution in [1.29, 1.82) is 0 Å². The average Bonchev–Trinajstić information content (AvgIpc) is 2.68. The zero-order valence-corrected chi connectivity index (χ0v) is 19.5. The van der Waals surface area contributed by atoms with Crippen LogP contribution in [0.4, 0.5) is 0 Å². The standard InChI is InChI=1S/C19H32N4O9S/c1-9(2)6-10(20)16(28)22-12(7-14(24)25)18(30)21-11(4-5-33-3)17(29)23-13(19(31)32)8-15(26)27/h9-13H,4-8,20H2,1-3H3,(H,21,30)(H,22,28)(H,23,29)(H,24,25)(H,26,27)(H,31,32). The minimum Gasteiger partial charge on any atom is -0.481 e. The molecule has 0 radical (unpaired) electrons. The summed E-state index contributed by atoms with van der Waals surface area (Å²) in [7, 11) is 0. The Kier molecular flexibility index (Phi) is 13.7.